The van der Waals surface area contributed by atoms with E-state index in [9.17, 15) is 9.59 Å². The Morgan fingerprint density at radius 2 is 1.72 bits per heavy atom. The van der Waals surface area contributed by atoms with Crippen LogP contribution in [-0.2, 0) is 0 Å². The van der Waals surface area contributed by atoms with Gasteiger partial charge < -0.3 is 20.3 Å². The number of carbonyl (C=O) groups is 2. The van der Waals surface area contributed by atoms with Gasteiger partial charge in [-0.3, -0.25) is 9.59 Å². The first kappa shape index (κ1) is 25.9. The fraction of sp³-hybridized carbons (Fsp3) is 0.440. The number of hydrogen-bond acceptors (Lipinski definition) is 4. The third-order valence-corrected chi connectivity index (χ3v) is 5.65. The smallest absolute Gasteiger partial charge is 0.259 e. The van der Waals surface area contributed by atoms with Crippen molar-refractivity contribution < 1.29 is 14.3 Å². The summed E-state index contributed by atoms with van der Waals surface area (Å²) in [4.78, 5) is 27.5. The molecule has 0 aromatic heterocycles. The van der Waals surface area contributed by atoms with Crippen molar-refractivity contribution in [3.05, 3.63) is 58.1 Å². The number of likely N-dealkylation sites (N-methyl/N-ethyl adjacent to an activating group) is 1. The van der Waals surface area contributed by atoms with Crippen molar-refractivity contribution in [2.24, 2.45) is 5.92 Å². The van der Waals surface area contributed by atoms with Gasteiger partial charge in [-0.05, 0) is 67.9 Å². The van der Waals surface area contributed by atoms with Gasteiger partial charge >= 0.3 is 0 Å². The molecule has 0 aliphatic heterocycles. The Kier molecular flexibility index (Phi) is 10.7. The maximum absolute atomic E-state index is 12.9. The van der Waals surface area contributed by atoms with E-state index >= 15 is 0 Å². The van der Waals surface area contributed by atoms with E-state index in [4.69, 9.17) is 4.74 Å². The maximum Gasteiger partial charge on any atom is 0.259 e. The lowest BCUT2D eigenvalue weighted by molar-refractivity contribution is 0.0948. The van der Waals surface area contributed by atoms with Crippen LogP contribution in [-0.4, -0.2) is 49.5 Å². The molecule has 174 valence electrons. The van der Waals surface area contributed by atoms with E-state index in [1.54, 1.807) is 36.4 Å². The average molecular weight is 504 g/mol. The van der Waals surface area contributed by atoms with Gasteiger partial charge in [-0.2, -0.15) is 0 Å². The molecule has 0 saturated heterocycles. The van der Waals surface area contributed by atoms with Gasteiger partial charge in [-0.15, -0.1) is 0 Å². The first-order valence-corrected chi connectivity index (χ1v) is 12.0. The Balaban J connectivity index is 1.98. The molecule has 2 N–H and O–H groups in total. The van der Waals surface area contributed by atoms with Crippen LogP contribution in [0.4, 0.5) is 5.69 Å². The number of ether oxygens (including phenoxy) is 1. The zero-order valence-corrected chi connectivity index (χ0v) is 21.0. The molecule has 0 saturated carbocycles. The number of amides is 2. The number of benzene rings is 2. The van der Waals surface area contributed by atoms with Crippen LogP contribution in [0, 0.1) is 5.92 Å². The highest BCUT2D eigenvalue weighted by Crippen LogP contribution is 2.25. The molecule has 0 unspecified atom stereocenters. The van der Waals surface area contributed by atoms with Crippen LogP contribution in [0.2, 0.25) is 0 Å². The summed E-state index contributed by atoms with van der Waals surface area (Å²) in [6.07, 6.45) is 0.912. The van der Waals surface area contributed by atoms with E-state index in [0.29, 0.717) is 41.6 Å². The number of hydrogen-bond donors (Lipinski definition) is 2. The zero-order valence-electron chi connectivity index (χ0n) is 19.4. The summed E-state index contributed by atoms with van der Waals surface area (Å²) in [5.41, 5.74) is 1.63. The lowest BCUT2D eigenvalue weighted by atomic mass is 10.1. The molecule has 2 amide bonds. The van der Waals surface area contributed by atoms with Crippen molar-refractivity contribution in [2.45, 2.75) is 34.1 Å². The number of nitrogens with zero attached hydrogens (tertiary/aromatic N) is 1. The Morgan fingerprint density at radius 1 is 1.03 bits per heavy atom. The van der Waals surface area contributed by atoms with E-state index < -0.39 is 0 Å². The largest absolute Gasteiger partial charge is 0.493 e. The van der Waals surface area contributed by atoms with Gasteiger partial charge in [-0.1, -0.05) is 43.6 Å². The molecule has 0 radical (unpaired) electrons. The SMILES string of the molecule is CCN(CC)CCNC(=O)c1ccc(NC(=O)c2cc(Br)ccc2OCCC(C)C)cc1. The summed E-state index contributed by atoms with van der Waals surface area (Å²) in [6, 6.07) is 12.3. The van der Waals surface area contributed by atoms with Crippen LogP contribution in [0.1, 0.15) is 54.8 Å². The van der Waals surface area contributed by atoms with Crippen molar-refractivity contribution in [1.82, 2.24) is 10.2 Å². The van der Waals surface area contributed by atoms with Crippen molar-refractivity contribution in [2.75, 3.05) is 38.1 Å². The molecule has 0 aliphatic carbocycles. The molecule has 0 fully saturated rings. The topological polar surface area (TPSA) is 70.7 Å². The van der Waals surface area contributed by atoms with Crippen molar-refractivity contribution >= 4 is 33.4 Å². The van der Waals surface area contributed by atoms with E-state index in [2.05, 4.69) is 59.2 Å². The lowest BCUT2D eigenvalue weighted by Crippen LogP contribution is -2.34. The fourth-order valence-electron chi connectivity index (χ4n) is 3.08. The maximum atomic E-state index is 12.9. The number of anilines is 1. The number of carbonyl (C=O) groups excluding carboxylic acids is 2. The minimum absolute atomic E-state index is 0.122. The van der Waals surface area contributed by atoms with E-state index in [-0.39, 0.29) is 11.8 Å². The second kappa shape index (κ2) is 13.2. The summed E-state index contributed by atoms with van der Waals surface area (Å²) in [6.45, 7) is 12.4. The third-order valence-electron chi connectivity index (χ3n) is 5.15. The van der Waals surface area contributed by atoms with E-state index in [1.165, 1.54) is 0 Å². The van der Waals surface area contributed by atoms with Crippen LogP contribution in [0.25, 0.3) is 0 Å². The summed E-state index contributed by atoms with van der Waals surface area (Å²) >= 11 is 3.42. The molecular weight excluding hydrogens is 470 g/mol. The Bertz CT molecular complexity index is 881. The van der Waals surface area contributed by atoms with Crippen molar-refractivity contribution in [3.8, 4) is 5.75 Å². The van der Waals surface area contributed by atoms with Crippen LogP contribution < -0.4 is 15.4 Å². The predicted octanol–water partition coefficient (Wildman–Crippen LogP) is 5.20. The van der Waals surface area contributed by atoms with Gasteiger partial charge in [0.05, 0.1) is 12.2 Å². The molecule has 2 aromatic rings. The van der Waals surface area contributed by atoms with Crippen LogP contribution in [0.5, 0.6) is 5.75 Å². The summed E-state index contributed by atoms with van der Waals surface area (Å²) in [7, 11) is 0. The van der Waals surface area contributed by atoms with Crippen LogP contribution in [0.15, 0.2) is 46.9 Å². The van der Waals surface area contributed by atoms with Crippen molar-refractivity contribution in [3.63, 3.8) is 0 Å². The van der Waals surface area contributed by atoms with Crippen LogP contribution in [0.3, 0.4) is 0 Å². The first-order valence-electron chi connectivity index (χ1n) is 11.2. The number of halogens is 1. The van der Waals surface area contributed by atoms with Gasteiger partial charge in [0.15, 0.2) is 0 Å². The summed E-state index contributed by atoms with van der Waals surface area (Å²) < 4.78 is 6.65. The number of nitrogens with one attached hydrogen (secondary N) is 2. The monoisotopic (exact) mass is 503 g/mol. The highest BCUT2D eigenvalue weighted by molar-refractivity contribution is 9.10. The zero-order chi connectivity index (χ0) is 23.5. The van der Waals surface area contributed by atoms with Gasteiger partial charge in [0.1, 0.15) is 5.75 Å². The molecule has 6 nitrogen and oxygen atoms in total. The minimum atomic E-state index is -0.262. The highest BCUT2D eigenvalue weighted by Gasteiger charge is 2.15. The van der Waals surface area contributed by atoms with Gasteiger partial charge in [0.25, 0.3) is 11.8 Å². The molecule has 0 aliphatic rings. The standard InChI is InChI=1S/C25H34BrN3O3/c1-5-29(6-2)15-14-27-24(30)19-7-10-21(11-8-19)28-25(31)22-17-20(26)9-12-23(22)32-16-13-18(3)4/h7-12,17-18H,5-6,13-16H2,1-4H3,(H,27,30)(H,28,31). The molecule has 2 rings (SSSR count). The lowest BCUT2D eigenvalue weighted by Gasteiger charge is -2.18. The number of rotatable bonds is 12. The van der Waals surface area contributed by atoms with Crippen molar-refractivity contribution in [1.29, 1.82) is 0 Å². The second-order valence-corrected chi connectivity index (χ2v) is 8.90. The van der Waals surface area contributed by atoms with E-state index in [1.807, 2.05) is 6.07 Å². The molecule has 2 aromatic carbocycles. The molecule has 7 heteroatoms. The molecule has 0 atom stereocenters. The van der Waals surface area contributed by atoms with Gasteiger partial charge in [-0.25, -0.2) is 0 Å². The van der Waals surface area contributed by atoms with Gasteiger partial charge in [0.2, 0.25) is 0 Å². The molecular formula is C25H34BrN3O3. The first-order chi connectivity index (χ1) is 15.3. The predicted molar refractivity (Wildman–Crippen MR) is 134 cm³/mol. The normalized spacial score (nSPS) is 11.0. The quantitative estimate of drug-likeness (QED) is 0.417. The third kappa shape index (κ3) is 8.28. The molecule has 0 heterocycles. The summed E-state index contributed by atoms with van der Waals surface area (Å²) in [5.74, 6) is 0.691. The Labute approximate surface area is 199 Å². The van der Waals surface area contributed by atoms with Crippen LogP contribution >= 0.6 is 15.9 Å². The Morgan fingerprint density at radius 3 is 2.34 bits per heavy atom. The molecule has 0 spiro atoms. The molecule has 32 heavy (non-hydrogen) atoms. The van der Waals surface area contributed by atoms with E-state index in [0.717, 1.165) is 30.5 Å². The minimum Gasteiger partial charge on any atom is -0.493 e. The molecule has 0 bridgehead atoms. The van der Waals surface area contributed by atoms with Gasteiger partial charge in [0, 0.05) is 28.8 Å². The second-order valence-electron chi connectivity index (χ2n) is 7.99. The fourth-order valence-corrected chi connectivity index (χ4v) is 3.44. The summed E-state index contributed by atoms with van der Waals surface area (Å²) in [5, 5.41) is 5.82. The average Bonchev–Trinajstić information content (AvgIpc) is 2.77. The Hall–Kier alpha value is -2.38. The highest BCUT2D eigenvalue weighted by atomic mass is 79.9.